The number of hydrogen-bond donors (Lipinski definition) is 3. The molecular formula is C27H24F2N4O3. The number of aromatic nitrogens is 3. The predicted molar refractivity (Wildman–Crippen MR) is 130 cm³/mol. The van der Waals surface area contributed by atoms with E-state index in [2.05, 4.69) is 20.3 Å². The minimum atomic E-state index is -0.806. The summed E-state index contributed by atoms with van der Waals surface area (Å²) >= 11 is 0. The lowest BCUT2D eigenvalue weighted by atomic mass is 9.61. The Morgan fingerprint density at radius 3 is 2.53 bits per heavy atom. The van der Waals surface area contributed by atoms with Gasteiger partial charge in [0.25, 0.3) is 0 Å². The van der Waals surface area contributed by atoms with Gasteiger partial charge in [-0.3, -0.25) is 4.79 Å². The van der Waals surface area contributed by atoms with Crippen LogP contribution in [0.1, 0.15) is 25.7 Å². The number of carboxylic acids is 1. The maximum Gasteiger partial charge on any atom is 0.308 e. The summed E-state index contributed by atoms with van der Waals surface area (Å²) in [6.07, 6.45) is 5.31. The van der Waals surface area contributed by atoms with Gasteiger partial charge in [0.2, 0.25) is 5.88 Å². The fraction of sp³-hybridized carbons (Fsp3) is 0.296. The Labute approximate surface area is 205 Å². The molecule has 3 saturated carbocycles. The summed E-state index contributed by atoms with van der Waals surface area (Å²) in [5.74, 6) is -0.986. The molecule has 0 saturated heterocycles. The van der Waals surface area contributed by atoms with Crippen LogP contribution >= 0.6 is 0 Å². The van der Waals surface area contributed by atoms with Gasteiger partial charge in [-0.1, -0.05) is 18.2 Å². The van der Waals surface area contributed by atoms with Crippen molar-refractivity contribution in [3.8, 4) is 23.0 Å². The Kier molecular flexibility index (Phi) is 5.55. The molecule has 36 heavy (non-hydrogen) atoms. The average Bonchev–Trinajstić information content (AvgIpc) is 3.29. The van der Waals surface area contributed by atoms with Crippen molar-refractivity contribution in [3.05, 3.63) is 66.4 Å². The number of H-pyrrole nitrogens is 1. The molecular weight excluding hydrogens is 466 g/mol. The number of rotatable bonds is 6. The number of carboxylic acid groups (broad SMARTS) is 1. The molecule has 2 bridgehead atoms. The molecule has 3 aliphatic carbocycles. The van der Waals surface area contributed by atoms with Gasteiger partial charge in [0.1, 0.15) is 23.2 Å². The Hall–Kier alpha value is -4.01. The Morgan fingerprint density at radius 1 is 1.03 bits per heavy atom. The third-order valence-electron chi connectivity index (χ3n) is 7.43. The quantitative estimate of drug-likeness (QED) is 0.307. The predicted octanol–water partition coefficient (Wildman–Crippen LogP) is 6.00. The summed E-state index contributed by atoms with van der Waals surface area (Å²) in [6, 6.07) is 12.5. The molecule has 3 aliphatic rings. The molecule has 184 valence electrons. The molecule has 0 radical (unpaired) electrons. The van der Waals surface area contributed by atoms with Crippen LogP contribution in [0.3, 0.4) is 0 Å². The van der Waals surface area contributed by atoms with Crippen molar-refractivity contribution in [1.82, 2.24) is 15.0 Å². The number of nitrogens with zero attached hydrogens (tertiary/aromatic N) is 2. The van der Waals surface area contributed by atoms with Crippen LogP contribution in [0.4, 0.5) is 14.6 Å². The fourth-order valence-corrected chi connectivity index (χ4v) is 5.80. The largest absolute Gasteiger partial charge is 0.481 e. The molecule has 7 nitrogen and oxygen atoms in total. The van der Waals surface area contributed by atoms with Crippen molar-refractivity contribution in [2.45, 2.75) is 31.7 Å². The molecule has 2 atom stereocenters. The topological polar surface area (TPSA) is 100 Å². The average molecular weight is 491 g/mol. The van der Waals surface area contributed by atoms with Gasteiger partial charge in [-0.15, -0.1) is 0 Å². The molecule has 2 heterocycles. The van der Waals surface area contributed by atoms with E-state index >= 15 is 0 Å². The molecule has 0 aliphatic heterocycles. The zero-order valence-electron chi connectivity index (χ0n) is 19.2. The van der Waals surface area contributed by atoms with Crippen LogP contribution in [0, 0.1) is 29.4 Å². The highest BCUT2D eigenvalue weighted by Crippen LogP contribution is 2.46. The van der Waals surface area contributed by atoms with Gasteiger partial charge in [-0.2, -0.15) is 4.98 Å². The molecule has 2 aromatic carbocycles. The van der Waals surface area contributed by atoms with Gasteiger partial charge in [0, 0.05) is 35.3 Å². The highest BCUT2D eigenvalue weighted by molar-refractivity contribution is 5.94. The number of aromatic amines is 1. The van der Waals surface area contributed by atoms with E-state index in [-0.39, 0.29) is 35.1 Å². The van der Waals surface area contributed by atoms with E-state index in [4.69, 9.17) is 4.74 Å². The normalized spacial score (nSPS) is 23.1. The second-order valence-electron chi connectivity index (χ2n) is 9.55. The number of nitrogens with one attached hydrogen (secondary N) is 2. The van der Waals surface area contributed by atoms with Crippen LogP contribution < -0.4 is 10.1 Å². The van der Waals surface area contributed by atoms with Crippen LogP contribution in [0.15, 0.2) is 54.7 Å². The number of anilines is 1. The van der Waals surface area contributed by atoms with Crippen LogP contribution in [0.2, 0.25) is 0 Å². The number of halogens is 2. The Balaban J connectivity index is 1.43. The van der Waals surface area contributed by atoms with Crippen molar-refractivity contribution in [3.63, 3.8) is 0 Å². The first-order valence-corrected chi connectivity index (χ1v) is 12.0. The van der Waals surface area contributed by atoms with Crippen molar-refractivity contribution in [2.24, 2.45) is 17.8 Å². The molecule has 9 heteroatoms. The van der Waals surface area contributed by atoms with Crippen molar-refractivity contribution in [2.75, 3.05) is 5.32 Å². The molecule has 2 unspecified atom stereocenters. The van der Waals surface area contributed by atoms with Crippen LogP contribution in [-0.2, 0) is 4.79 Å². The standard InChI is InChI=1S/C27H24F2N4O3/c28-16-10-18-19(13-30-25(18)20(29)11-16)26-32-21(12-22(33-26)36-17-4-2-1-3-5-17)31-24-15-8-6-14(7-9-15)23(24)27(34)35/h1-5,10-15,23-24,30H,6-9H2,(H,34,35)(H,31,32,33). The molecule has 0 spiro atoms. The lowest BCUT2D eigenvalue weighted by Crippen LogP contribution is -2.51. The number of benzene rings is 2. The van der Waals surface area contributed by atoms with Crippen molar-refractivity contribution in [1.29, 1.82) is 0 Å². The summed E-state index contributed by atoms with van der Waals surface area (Å²) in [5.41, 5.74) is 0.555. The smallest absolute Gasteiger partial charge is 0.308 e. The number of ether oxygens (including phenoxy) is 1. The van der Waals surface area contributed by atoms with E-state index in [1.54, 1.807) is 18.2 Å². The summed E-state index contributed by atoms with van der Waals surface area (Å²) in [4.78, 5) is 24.1. The first kappa shape index (κ1) is 22.5. The second kappa shape index (κ2) is 8.89. The number of fused-ring (bicyclic) bond motifs is 4. The molecule has 0 amide bonds. The summed E-state index contributed by atoms with van der Waals surface area (Å²) in [6.45, 7) is 0. The Bertz CT molecular complexity index is 1430. The second-order valence-corrected chi connectivity index (χ2v) is 9.55. The molecule has 4 aromatic rings. The van der Waals surface area contributed by atoms with Crippen molar-refractivity contribution < 1.29 is 23.4 Å². The van der Waals surface area contributed by atoms with Gasteiger partial charge < -0.3 is 20.1 Å². The van der Waals surface area contributed by atoms with Crippen LogP contribution in [0.25, 0.3) is 22.3 Å². The van der Waals surface area contributed by atoms with E-state index in [1.165, 1.54) is 12.3 Å². The number of aliphatic carboxylic acids is 1. The minimum absolute atomic E-state index is 0.130. The van der Waals surface area contributed by atoms with E-state index in [0.717, 1.165) is 31.7 Å². The summed E-state index contributed by atoms with van der Waals surface area (Å²) in [7, 11) is 0. The van der Waals surface area contributed by atoms with Gasteiger partial charge in [0.05, 0.1) is 11.4 Å². The molecule has 3 fully saturated rings. The van der Waals surface area contributed by atoms with Gasteiger partial charge >= 0.3 is 5.97 Å². The van der Waals surface area contributed by atoms with Gasteiger partial charge in [-0.05, 0) is 55.7 Å². The SMILES string of the molecule is O=C(O)C1C2CCC(CC2)C1Nc1cc(Oc2ccccc2)nc(-c2c[nH]c3c(F)cc(F)cc23)n1. The maximum absolute atomic E-state index is 14.3. The van der Waals surface area contributed by atoms with E-state index in [1.807, 2.05) is 18.2 Å². The highest BCUT2D eigenvalue weighted by Gasteiger charge is 2.47. The highest BCUT2D eigenvalue weighted by atomic mass is 19.1. The van der Waals surface area contributed by atoms with E-state index in [0.29, 0.717) is 22.5 Å². The van der Waals surface area contributed by atoms with Crippen LogP contribution in [0.5, 0.6) is 11.6 Å². The zero-order chi connectivity index (χ0) is 24.8. The zero-order valence-corrected chi connectivity index (χ0v) is 19.2. The molecule has 7 rings (SSSR count). The van der Waals surface area contributed by atoms with Crippen molar-refractivity contribution >= 4 is 22.7 Å². The van der Waals surface area contributed by atoms with Gasteiger partial charge in [-0.25, -0.2) is 13.8 Å². The third kappa shape index (κ3) is 4.04. The fourth-order valence-electron chi connectivity index (χ4n) is 5.80. The lowest BCUT2D eigenvalue weighted by Gasteiger charge is -2.47. The van der Waals surface area contributed by atoms with Gasteiger partial charge in [0.15, 0.2) is 5.82 Å². The monoisotopic (exact) mass is 490 g/mol. The number of para-hydroxylation sites is 1. The number of hydrogen-bond acceptors (Lipinski definition) is 5. The molecule has 2 aromatic heterocycles. The first-order valence-electron chi connectivity index (χ1n) is 12.0. The summed E-state index contributed by atoms with van der Waals surface area (Å²) < 4.78 is 34.4. The third-order valence-corrected chi connectivity index (χ3v) is 7.43. The van der Waals surface area contributed by atoms with Crippen LogP contribution in [-0.4, -0.2) is 32.1 Å². The summed E-state index contributed by atoms with van der Waals surface area (Å²) in [5, 5.41) is 13.6. The minimum Gasteiger partial charge on any atom is -0.481 e. The molecule has 3 N–H and O–H groups in total. The first-order chi connectivity index (χ1) is 17.5. The lowest BCUT2D eigenvalue weighted by molar-refractivity contribution is -0.148. The van der Waals surface area contributed by atoms with E-state index in [9.17, 15) is 18.7 Å². The van der Waals surface area contributed by atoms with E-state index < -0.39 is 23.5 Å². The number of carbonyl (C=O) groups is 1. The Morgan fingerprint density at radius 2 is 1.78 bits per heavy atom. The maximum atomic E-state index is 14.3.